The van der Waals surface area contributed by atoms with E-state index in [4.69, 9.17) is 14.2 Å². The first-order valence-corrected chi connectivity index (χ1v) is 19.5. The van der Waals surface area contributed by atoms with Gasteiger partial charge in [0.2, 0.25) is 0 Å². The minimum atomic E-state index is -1.27. The molecule has 7 aliphatic rings. The van der Waals surface area contributed by atoms with E-state index in [1.165, 1.54) is 37.1 Å². The number of rotatable bonds is 5. The molecule has 14 atom stereocenters. The third-order valence-electron chi connectivity index (χ3n) is 16.6. The second-order valence-electron chi connectivity index (χ2n) is 19.3. The van der Waals surface area contributed by atoms with Crippen LogP contribution in [0.3, 0.4) is 0 Å². The van der Waals surface area contributed by atoms with E-state index in [1.807, 2.05) is 0 Å². The topological polar surface area (TPSA) is 109 Å². The number of hydrogen-bond donors (Lipinski definition) is 3. The Kier molecular flexibility index (Phi) is 8.10. The molecule has 0 aromatic heterocycles. The first-order chi connectivity index (χ1) is 23.4. The highest BCUT2D eigenvalue weighted by molar-refractivity contribution is 5.94. The van der Waals surface area contributed by atoms with E-state index in [-0.39, 0.29) is 62.8 Å². The van der Waals surface area contributed by atoms with Gasteiger partial charge < -0.3 is 34.4 Å². The summed E-state index contributed by atoms with van der Waals surface area (Å²) in [4.78, 5) is 15.0. The third kappa shape index (κ3) is 4.71. The zero-order valence-corrected chi connectivity index (χ0v) is 31.2. The van der Waals surface area contributed by atoms with Gasteiger partial charge in [0.25, 0.3) is 5.91 Å². The smallest absolute Gasteiger partial charge is 0.254 e. The normalized spacial score (nSPS) is 48.4. The van der Waals surface area contributed by atoms with E-state index < -0.39 is 30.2 Å². The van der Waals surface area contributed by atoms with Crippen LogP contribution < -0.4 is 0 Å². The van der Waals surface area contributed by atoms with Crippen LogP contribution in [0.1, 0.15) is 110 Å². The Labute approximate surface area is 297 Å². The van der Waals surface area contributed by atoms with Gasteiger partial charge in [0.15, 0.2) is 6.29 Å². The van der Waals surface area contributed by atoms with E-state index >= 15 is 0 Å². The summed E-state index contributed by atoms with van der Waals surface area (Å²) >= 11 is 0. The fraction of sp³-hybridized carbons (Fsp3) is 0.829. The number of halogens is 1. The summed E-state index contributed by atoms with van der Waals surface area (Å²) in [5.74, 6) is 0.899. The highest BCUT2D eigenvalue weighted by atomic mass is 19.1. The minimum absolute atomic E-state index is 0.0102. The Balaban J connectivity index is 0.997. The first kappa shape index (κ1) is 35.4. The summed E-state index contributed by atoms with van der Waals surface area (Å²) < 4.78 is 33.1. The van der Waals surface area contributed by atoms with Gasteiger partial charge in [-0.2, -0.15) is 0 Å². The van der Waals surface area contributed by atoms with Crippen molar-refractivity contribution in [1.82, 2.24) is 4.90 Å². The van der Waals surface area contributed by atoms with E-state index in [9.17, 15) is 24.5 Å². The molecule has 9 heteroatoms. The van der Waals surface area contributed by atoms with Gasteiger partial charge in [-0.05, 0) is 135 Å². The summed E-state index contributed by atoms with van der Waals surface area (Å²) in [5, 5.41) is 34.1. The summed E-state index contributed by atoms with van der Waals surface area (Å²) in [7, 11) is 0. The monoisotopic (exact) mass is 697 g/mol. The molecule has 2 spiro atoms. The number of fused-ring (bicyclic) bond motifs is 4. The minimum Gasteiger partial charge on any atom is -0.390 e. The van der Waals surface area contributed by atoms with E-state index in [0.717, 1.165) is 32.1 Å². The molecule has 8 nitrogen and oxygen atoms in total. The lowest BCUT2D eigenvalue weighted by Gasteiger charge is -2.64. The van der Waals surface area contributed by atoms with Crippen LogP contribution in [0.4, 0.5) is 4.39 Å². The number of amides is 1. The van der Waals surface area contributed by atoms with Gasteiger partial charge in [0, 0.05) is 17.5 Å². The van der Waals surface area contributed by atoms with Crippen molar-refractivity contribution in [1.29, 1.82) is 0 Å². The van der Waals surface area contributed by atoms with Crippen molar-refractivity contribution < 1.29 is 38.7 Å². The Bertz CT molecular complexity index is 1500. The number of aliphatic hydroxyl groups excluding tert-OH is 2. The first-order valence-electron chi connectivity index (χ1n) is 19.5. The Morgan fingerprint density at radius 1 is 1.04 bits per heavy atom. The van der Waals surface area contributed by atoms with Gasteiger partial charge in [0.1, 0.15) is 11.9 Å². The lowest BCUT2D eigenvalue weighted by atomic mass is 9.41. The molecular formula is C41H60FNO7. The molecule has 2 aliphatic heterocycles. The van der Waals surface area contributed by atoms with Gasteiger partial charge in [0.05, 0.1) is 43.2 Å². The summed E-state index contributed by atoms with van der Waals surface area (Å²) in [6, 6.07) is 5.72. The molecule has 8 rings (SSSR count). The van der Waals surface area contributed by atoms with Gasteiger partial charge in [-0.15, -0.1) is 0 Å². The zero-order chi connectivity index (χ0) is 35.8. The van der Waals surface area contributed by atoms with Crippen molar-refractivity contribution in [2.45, 2.75) is 142 Å². The van der Waals surface area contributed by atoms with E-state index in [0.29, 0.717) is 43.5 Å². The number of benzene rings is 1. The van der Waals surface area contributed by atoms with E-state index in [2.05, 4.69) is 34.6 Å². The number of aliphatic hydroxyl groups is 3. The van der Waals surface area contributed by atoms with Gasteiger partial charge >= 0.3 is 0 Å². The molecule has 1 aromatic carbocycles. The highest BCUT2D eigenvalue weighted by Crippen LogP contribution is 2.89. The van der Waals surface area contributed by atoms with Crippen molar-refractivity contribution in [2.75, 3.05) is 19.7 Å². The average Bonchev–Trinajstić information content (AvgIpc) is 3.70. The molecule has 5 saturated carbocycles. The Hall–Kier alpha value is -1.62. The van der Waals surface area contributed by atoms with Crippen LogP contribution in [-0.4, -0.2) is 88.2 Å². The number of carbonyl (C=O) groups excluding carboxylic acids is 1. The zero-order valence-electron chi connectivity index (χ0n) is 31.2. The molecule has 278 valence electrons. The standard InChI is InChI=1S/C41H60FNO7/c1-23-20-26(33(44)37(4,5)47)49-32-31(23)38(6)16-17-41-22-40(41)15-14-29(36(2,3)27(40)12-13-28(41)39(38,7)34(32)45)50-30-21-43(18-19-48-30)35(46)24-8-10-25(42)11-9-24/h8-11,23,26-34,44-45,47H,12-22H2,1-7H3. The molecule has 5 aliphatic carbocycles. The number of morpholine rings is 1. The maximum atomic E-state index is 13.5. The molecule has 14 unspecified atom stereocenters. The van der Waals surface area contributed by atoms with Gasteiger partial charge in [-0.1, -0.05) is 34.6 Å². The average molecular weight is 698 g/mol. The van der Waals surface area contributed by atoms with Crippen LogP contribution in [0.25, 0.3) is 0 Å². The van der Waals surface area contributed by atoms with Crippen molar-refractivity contribution >= 4 is 5.91 Å². The van der Waals surface area contributed by atoms with Crippen LogP contribution in [0.5, 0.6) is 0 Å². The maximum Gasteiger partial charge on any atom is 0.254 e. The fourth-order valence-corrected chi connectivity index (χ4v) is 14.1. The number of ether oxygens (including phenoxy) is 3. The SMILES string of the molecule is CC1CC(C(O)C(C)(C)O)OC2C1C1(C)CCC34CC35CCC(OC3CN(C(=O)c6ccc(F)cc6)CCO3)C(C)(C)C5CCC4C1(C)C2O. The Morgan fingerprint density at radius 2 is 1.72 bits per heavy atom. The third-order valence-corrected chi connectivity index (χ3v) is 16.6. The van der Waals surface area contributed by atoms with Crippen LogP contribution in [0.2, 0.25) is 0 Å². The molecule has 2 saturated heterocycles. The molecular weight excluding hydrogens is 637 g/mol. The lowest BCUT2D eigenvalue weighted by Crippen LogP contribution is -2.60. The van der Waals surface area contributed by atoms with Crippen LogP contribution in [-0.2, 0) is 14.2 Å². The molecule has 7 fully saturated rings. The Morgan fingerprint density at radius 3 is 2.42 bits per heavy atom. The molecule has 2 heterocycles. The molecule has 1 amide bonds. The van der Waals surface area contributed by atoms with Crippen molar-refractivity contribution in [2.24, 2.45) is 50.7 Å². The predicted octanol–water partition coefficient (Wildman–Crippen LogP) is 5.95. The highest BCUT2D eigenvalue weighted by Gasteiger charge is 2.84. The summed E-state index contributed by atoms with van der Waals surface area (Å²) in [5.41, 5.74) is -0.813. The molecule has 50 heavy (non-hydrogen) atoms. The number of carbonyl (C=O) groups is 1. The fourth-order valence-electron chi connectivity index (χ4n) is 14.1. The lowest BCUT2D eigenvalue weighted by molar-refractivity contribution is -0.245. The van der Waals surface area contributed by atoms with Gasteiger partial charge in [-0.3, -0.25) is 4.79 Å². The van der Waals surface area contributed by atoms with Crippen molar-refractivity contribution in [3.8, 4) is 0 Å². The largest absolute Gasteiger partial charge is 0.390 e. The maximum absolute atomic E-state index is 13.5. The molecule has 0 bridgehead atoms. The quantitative estimate of drug-likeness (QED) is 0.349. The van der Waals surface area contributed by atoms with Crippen LogP contribution in [0.15, 0.2) is 24.3 Å². The van der Waals surface area contributed by atoms with Crippen LogP contribution in [0, 0.1) is 56.6 Å². The van der Waals surface area contributed by atoms with Crippen molar-refractivity contribution in [3.63, 3.8) is 0 Å². The number of nitrogens with zero attached hydrogens (tertiary/aromatic N) is 1. The van der Waals surface area contributed by atoms with Gasteiger partial charge in [-0.25, -0.2) is 4.39 Å². The van der Waals surface area contributed by atoms with E-state index in [1.54, 1.807) is 18.7 Å². The number of hydrogen-bond acceptors (Lipinski definition) is 7. The molecule has 0 radical (unpaired) electrons. The predicted molar refractivity (Wildman–Crippen MR) is 185 cm³/mol. The molecule has 3 N–H and O–H groups in total. The summed E-state index contributed by atoms with van der Waals surface area (Å²) in [6.45, 7) is 16.4. The van der Waals surface area contributed by atoms with Crippen LogP contribution >= 0.6 is 0 Å². The van der Waals surface area contributed by atoms with Crippen molar-refractivity contribution in [3.05, 3.63) is 35.6 Å². The summed E-state index contributed by atoms with van der Waals surface area (Å²) in [6.07, 6.45) is 5.44. The second kappa shape index (κ2) is 11.4. The second-order valence-corrected chi connectivity index (χ2v) is 19.3. The molecule has 1 aromatic rings.